The van der Waals surface area contributed by atoms with Crippen molar-refractivity contribution < 1.29 is 17.5 Å². The van der Waals surface area contributed by atoms with Gasteiger partial charge in [-0.15, -0.1) is 0 Å². The van der Waals surface area contributed by atoms with Crippen LogP contribution in [-0.4, -0.2) is 61.6 Å². The van der Waals surface area contributed by atoms with Crippen LogP contribution in [0, 0.1) is 5.92 Å². The van der Waals surface area contributed by atoms with Gasteiger partial charge in [-0.25, -0.2) is 8.42 Å². The first-order chi connectivity index (χ1) is 16.4. The molecule has 0 saturated carbocycles. The van der Waals surface area contributed by atoms with E-state index in [1.165, 1.54) is 0 Å². The van der Waals surface area contributed by atoms with Gasteiger partial charge in [-0.1, -0.05) is 36.9 Å². The summed E-state index contributed by atoms with van der Waals surface area (Å²) in [6, 6.07) is 15.0. The highest BCUT2D eigenvalue weighted by molar-refractivity contribution is 7.92. The van der Waals surface area contributed by atoms with Crippen LogP contribution < -0.4 is 4.74 Å². The molecule has 180 valence electrons. The Morgan fingerprint density at radius 3 is 2.62 bits per heavy atom. The maximum absolute atomic E-state index is 13.1. The summed E-state index contributed by atoms with van der Waals surface area (Å²) in [6.07, 6.45) is 0.629. The predicted octanol–water partition coefficient (Wildman–Crippen LogP) is 4.26. The first kappa shape index (κ1) is 23.1. The Hall–Kier alpha value is -2.68. The van der Waals surface area contributed by atoms with E-state index in [0.29, 0.717) is 13.0 Å². The molecule has 34 heavy (non-hydrogen) atoms. The molecule has 2 aliphatic heterocycles. The van der Waals surface area contributed by atoms with E-state index in [4.69, 9.17) is 4.74 Å². The fourth-order valence-electron chi connectivity index (χ4n) is 5.23. The highest BCUT2D eigenvalue weighted by Crippen LogP contribution is 2.42. The number of sulfonamides is 1. The van der Waals surface area contributed by atoms with Crippen LogP contribution in [0.4, 0.5) is 4.39 Å². The molecular formula is C26H30FN3O3S. The van der Waals surface area contributed by atoms with Crippen molar-refractivity contribution >= 4 is 20.9 Å². The standard InChI is InChI=1S/C26H30FN3O3S/c1-3-34(31,32)30-18(2)14-23-22-6-4-5-7-24(22)28-25(23)26(30)20-8-10-21(11-9-20)33-13-12-29-16-19(15-27)17-29/h3-11,18-19,26,28H,1,12-17H2,2H3/t18-,26-/m1/s1. The van der Waals surface area contributed by atoms with E-state index in [0.717, 1.165) is 58.5 Å². The number of aromatic amines is 1. The fraction of sp³-hybridized carbons (Fsp3) is 0.385. The van der Waals surface area contributed by atoms with Gasteiger partial charge in [0.25, 0.3) is 0 Å². The Morgan fingerprint density at radius 1 is 1.18 bits per heavy atom. The van der Waals surface area contributed by atoms with Gasteiger partial charge in [0.05, 0.1) is 12.7 Å². The molecule has 1 aromatic heterocycles. The number of nitrogens with one attached hydrogen (secondary N) is 1. The van der Waals surface area contributed by atoms with Crippen LogP contribution in [0.1, 0.15) is 29.8 Å². The number of aromatic nitrogens is 1. The smallest absolute Gasteiger partial charge is 0.236 e. The molecule has 8 heteroatoms. The van der Waals surface area contributed by atoms with E-state index in [1.54, 1.807) is 4.31 Å². The van der Waals surface area contributed by atoms with Crippen molar-refractivity contribution in [3.63, 3.8) is 0 Å². The molecule has 0 spiro atoms. The van der Waals surface area contributed by atoms with Crippen LogP contribution in [0.2, 0.25) is 0 Å². The van der Waals surface area contributed by atoms with Gasteiger partial charge in [-0.2, -0.15) is 4.31 Å². The number of hydrogen-bond acceptors (Lipinski definition) is 4. The number of rotatable bonds is 8. The average molecular weight is 484 g/mol. The molecule has 1 N–H and O–H groups in total. The summed E-state index contributed by atoms with van der Waals surface area (Å²) >= 11 is 0. The number of halogens is 1. The number of likely N-dealkylation sites (tertiary alicyclic amines) is 1. The highest BCUT2D eigenvalue weighted by Gasteiger charge is 2.41. The zero-order valence-electron chi connectivity index (χ0n) is 19.3. The zero-order chi connectivity index (χ0) is 23.9. The number of ether oxygens (including phenoxy) is 1. The predicted molar refractivity (Wildman–Crippen MR) is 132 cm³/mol. The molecule has 0 unspecified atom stereocenters. The monoisotopic (exact) mass is 483 g/mol. The molecule has 1 saturated heterocycles. The Labute approximate surface area is 200 Å². The summed E-state index contributed by atoms with van der Waals surface area (Å²) in [5.74, 6) is 0.895. The molecule has 3 heterocycles. The van der Waals surface area contributed by atoms with Crippen LogP contribution in [0.5, 0.6) is 5.75 Å². The van der Waals surface area contributed by atoms with Gasteiger partial charge in [0, 0.05) is 53.6 Å². The molecule has 0 radical (unpaired) electrons. The molecule has 1 fully saturated rings. The normalized spacial score (nSPS) is 21.8. The lowest BCUT2D eigenvalue weighted by atomic mass is 9.91. The molecule has 5 rings (SSSR count). The topological polar surface area (TPSA) is 65.6 Å². The van der Waals surface area contributed by atoms with Crippen molar-refractivity contribution in [1.82, 2.24) is 14.2 Å². The van der Waals surface area contributed by atoms with Crippen LogP contribution >= 0.6 is 0 Å². The molecule has 2 aliphatic rings. The lowest BCUT2D eigenvalue weighted by molar-refractivity contribution is 0.0668. The van der Waals surface area contributed by atoms with Gasteiger partial charge in [0.2, 0.25) is 10.0 Å². The second-order valence-electron chi connectivity index (χ2n) is 9.26. The Morgan fingerprint density at radius 2 is 1.91 bits per heavy atom. The van der Waals surface area contributed by atoms with Crippen molar-refractivity contribution in [2.24, 2.45) is 5.92 Å². The third kappa shape index (κ3) is 4.15. The maximum Gasteiger partial charge on any atom is 0.236 e. The number of hydrogen-bond donors (Lipinski definition) is 1. The summed E-state index contributed by atoms with van der Waals surface area (Å²) in [5.41, 5.74) is 3.93. The lowest BCUT2D eigenvalue weighted by Gasteiger charge is -2.39. The van der Waals surface area contributed by atoms with Gasteiger partial charge < -0.3 is 9.72 Å². The Kier molecular flexibility index (Phi) is 6.22. The van der Waals surface area contributed by atoms with E-state index < -0.39 is 16.1 Å². The summed E-state index contributed by atoms with van der Waals surface area (Å²) in [5, 5.41) is 2.16. The molecule has 0 amide bonds. The number of alkyl halides is 1. The number of benzene rings is 2. The number of fused-ring (bicyclic) bond motifs is 3. The Bertz CT molecular complexity index is 1280. The van der Waals surface area contributed by atoms with Gasteiger partial charge in [0.1, 0.15) is 12.4 Å². The summed E-state index contributed by atoms with van der Waals surface area (Å²) < 4.78 is 46.2. The summed E-state index contributed by atoms with van der Waals surface area (Å²) in [7, 11) is -3.67. The van der Waals surface area contributed by atoms with E-state index >= 15 is 0 Å². The molecule has 2 aromatic carbocycles. The van der Waals surface area contributed by atoms with Gasteiger partial charge in [0.15, 0.2) is 0 Å². The second kappa shape index (κ2) is 9.17. The maximum atomic E-state index is 13.1. The van der Waals surface area contributed by atoms with Crippen LogP contribution in [0.15, 0.2) is 60.5 Å². The lowest BCUT2D eigenvalue weighted by Crippen LogP contribution is -2.49. The van der Waals surface area contributed by atoms with Gasteiger partial charge >= 0.3 is 0 Å². The van der Waals surface area contributed by atoms with Crippen LogP contribution in [-0.2, 0) is 16.4 Å². The number of H-pyrrole nitrogens is 1. The zero-order valence-corrected chi connectivity index (χ0v) is 20.1. The van der Waals surface area contributed by atoms with Crippen molar-refractivity contribution in [2.45, 2.75) is 25.4 Å². The molecule has 2 atom stereocenters. The minimum atomic E-state index is -3.67. The van der Waals surface area contributed by atoms with Crippen molar-refractivity contribution in [3.05, 3.63) is 77.3 Å². The van der Waals surface area contributed by atoms with E-state index in [-0.39, 0.29) is 18.6 Å². The van der Waals surface area contributed by atoms with E-state index in [1.807, 2.05) is 49.4 Å². The largest absolute Gasteiger partial charge is 0.492 e. The SMILES string of the molecule is C=CS(=O)(=O)N1[C@H](c2ccc(OCCN3CC(CF)C3)cc2)c2[nH]c3ccccc3c2C[C@H]1C. The van der Waals surface area contributed by atoms with Crippen molar-refractivity contribution in [2.75, 3.05) is 32.9 Å². The Balaban J connectivity index is 1.42. The fourth-order valence-corrected chi connectivity index (χ4v) is 6.50. The average Bonchev–Trinajstić information content (AvgIpc) is 3.18. The molecule has 0 bridgehead atoms. The third-order valence-corrected chi connectivity index (χ3v) is 8.52. The highest BCUT2D eigenvalue weighted by atomic mass is 32.2. The van der Waals surface area contributed by atoms with Crippen molar-refractivity contribution in [3.8, 4) is 5.75 Å². The number of para-hydroxylation sites is 1. The van der Waals surface area contributed by atoms with E-state index in [9.17, 15) is 12.8 Å². The first-order valence-corrected chi connectivity index (χ1v) is 13.2. The molecule has 3 aromatic rings. The summed E-state index contributed by atoms with van der Waals surface area (Å²) in [6.45, 7) is 8.13. The van der Waals surface area contributed by atoms with Gasteiger partial charge in [-0.3, -0.25) is 9.29 Å². The minimum Gasteiger partial charge on any atom is -0.492 e. The van der Waals surface area contributed by atoms with E-state index in [2.05, 4.69) is 22.5 Å². The van der Waals surface area contributed by atoms with Crippen molar-refractivity contribution in [1.29, 1.82) is 0 Å². The van der Waals surface area contributed by atoms with Crippen LogP contribution in [0.3, 0.4) is 0 Å². The minimum absolute atomic E-state index is 0.168. The second-order valence-corrected chi connectivity index (χ2v) is 11.0. The summed E-state index contributed by atoms with van der Waals surface area (Å²) in [4.78, 5) is 5.67. The molecule has 6 nitrogen and oxygen atoms in total. The van der Waals surface area contributed by atoms with Crippen LogP contribution in [0.25, 0.3) is 10.9 Å². The molecular weight excluding hydrogens is 453 g/mol. The third-order valence-electron chi connectivity index (χ3n) is 6.94. The molecule has 0 aliphatic carbocycles. The quantitative estimate of drug-likeness (QED) is 0.520. The van der Waals surface area contributed by atoms with Gasteiger partial charge in [-0.05, 0) is 42.7 Å². The number of nitrogens with zero attached hydrogens (tertiary/aromatic N) is 2. The first-order valence-electron chi connectivity index (χ1n) is 11.7.